The summed E-state index contributed by atoms with van der Waals surface area (Å²) in [5, 5.41) is 14.1. The van der Waals surface area contributed by atoms with Crippen molar-refractivity contribution in [2.75, 3.05) is 0 Å². The van der Waals surface area contributed by atoms with E-state index in [-0.39, 0.29) is 30.1 Å². The number of unbranched alkanes of at least 4 members (excludes halogenated alkanes) is 1. The SMILES string of the molecule is CC(C)[C@H](NC(=O)C1C=c2nc(CCCCC(=O)O)c(-c3ccc(Cl)cc3)nc2=CC1)c1ccc(F)cc1. The van der Waals surface area contributed by atoms with Crippen LogP contribution in [0.25, 0.3) is 23.4 Å². The number of aryl methyl sites for hydroxylation is 1. The van der Waals surface area contributed by atoms with E-state index in [2.05, 4.69) is 5.32 Å². The van der Waals surface area contributed by atoms with Crippen molar-refractivity contribution in [1.82, 2.24) is 15.3 Å². The molecule has 0 fully saturated rings. The molecule has 198 valence electrons. The maximum absolute atomic E-state index is 13.4. The van der Waals surface area contributed by atoms with Crippen molar-refractivity contribution in [3.63, 3.8) is 0 Å². The van der Waals surface area contributed by atoms with Gasteiger partial charge in [0.25, 0.3) is 0 Å². The van der Waals surface area contributed by atoms with Crippen LogP contribution >= 0.6 is 11.6 Å². The van der Waals surface area contributed by atoms with Crippen LogP contribution in [0.1, 0.15) is 56.8 Å². The Labute approximate surface area is 226 Å². The first-order valence-electron chi connectivity index (χ1n) is 12.8. The molecular weight excluding hydrogens is 505 g/mol. The minimum absolute atomic E-state index is 0.0991. The van der Waals surface area contributed by atoms with Gasteiger partial charge in [0.15, 0.2) is 0 Å². The lowest BCUT2D eigenvalue weighted by molar-refractivity contribution is -0.137. The summed E-state index contributed by atoms with van der Waals surface area (Å²) in [5.41, 5.74) is 3.23. The number of carboxylic acids is 1. The van der Waals surface area contributed by atoms with Gasteiger partial charge in [-0.1, -0.05) is 55.8 Å². The lowest BCUT2D eigenvalue weighted by Gasteiger charge is -2.25. The number of halogens is 2. The van der Waals surface area contributed by atoms with Gasteiger partial charge in [-0.15, -0.1) is 0 Å². The Kier molecular flexibility index (Phi) is 8.89. The van der Waals surface area contributed by atoms with Crippen LogP contribution in [0.3, 0.4) is 0 Å². The molecule has 0 saturated carbocycles. The van der Waals surface area contributed by atoms with Gasteiger partial charge in [-0.3, -0.25) is 9.59 Å². The summed E-state index contributed by atoms with van der Waals surface area (Å²) in [6.45, 7) is 4.03. The standard InChI is InChI=1S/C30H31ClFN3O3/c1-18(2)28(19-9-14-23(32)15-10-19)35-30(38)21-11-16-24-26(17-21)33-25(5-3-4-6-27(36)37)29(34-24)20-7-12-22(31)13-8-20/h7-10,12-18,21,28H,3-6,11H2,1-2H3,(H,35,38)(H,36,37)/t21?,28-/m0/s1. The van der Waals surface area contributed by atoms with E-state index in [0.717, 1.165) is 22.5 Å². The second kappa shape index (κ2) is 12.3. The highest BCUT2D eigenvalue weighted by Gasteiger charge is 2.24. The molecule has 0 radical (unpaired) electrons. The highest BCUT2D eigenvalue weighted by atomic mass is 35.5. The fourth-order valence-corrected chi connectivity index (χ4v) is 4.72. The molecular formula is C30H31ClFN3O3. The smallest absolute Gasteiger partial charge is 0.303 e. The normalized spacial score (nSPS) is 15.2. The van der Waals surface area contributed by atoms with Crippen molar-refractivity contribution in [2.24, 2.45) is 11.8 Å². The van der Waals surface area contributed by atoms with Gasteiger partial charge in [0.2, 0.25) is 5.91 Å². The molecule has 2 atom stereocenters. The van der Waals surface area contributed by atoms with Crippen molar-refractivity contribution in [3.8, 4) is 11.3 Å². The number of carbonyl (C=O) groups excluding carboxylic acids is 1. The van der Waals surface area contributed by atoms with Gasteiger partial charge in [-0.05, 0) is 67.5 Å². The van der Waals surface area contributed by atoms with Gasteiger partial charge in [0.1, 0.15) is 5.82 Å². The monoisotopic (exact) mass is 535 g/mol. The average molecular weight is 536 g/mol. The summed E-state index contributed by atoms with van der Waals surface area (Å²) in [6, 6.07) is 13.3. The van der Waals surface area contributed by atoms with Crippen LogP contribution in [-0.4, -0.2) is 27.0 Å². The van der Waals surface area contributed by atoms with E-state index in [0.29, 0.717) is 41.4 Å². The van der Waals surface area contributed by atoms with E-state index in [4.69, 9.17) is 26.7 Å². The van der Waals surface area contributed by atoms with Crippen LogP contribution in [0, 0.1) is 17.7 Å². The summed E-state index contributed by atoms with van der Waals surface area (Å²) in [4.78, 5) is 34.0. The van der Waals surface area contributed by atoms with Crippen LogP contribution in [0.4, 0.5) is 4.39 Å². The van der Waals surface area contributed by atoms with Crippen LogP contribution < -0.4 is 16.0 Å². The molecule has 0 spiro atoms. The fraction of sp³-hybridized carbons (Fsp3) is 0.333. The first-order valence-corrected chi connectivity index (χ1v) is 13.2. The number of fused-ring (bicyclic) bond motifs is 1. The molecule has 0 aliphatic heterocycles. The van der Waals surface area contributed by atoms with E-state index in [9.17, 15) is 14.0 Å². The highest BCUT2D eigenvalue weighted by Crippen LogP contribution is 2.25. The van der Waals surface area contributed by atoms with Crippen molar-refractivity contribution < 1.29 is 19.1 Å². The van der Waals surface area contributed by atoms with Crippen LogP contribution in [0.5, 0.6) is 0 Å². The van der Waals surface area contributed by atoms with Gasteiger partial charge in [0, 0.05) is 17.0 Å². The molecule has 2 aromatic carbocycles. The summed E-state index contributed by atoms with van der Waals surface area (Å²) in [5.74, 6) is -1.56. The lowest BCUT2D eigenvalue weighted by atomic mass is 9.93. The number of hydrogen-bond acceptors (Lipinski definition) is 4. The number of amides is 1. The van der Waals surface area contributed by atoms with Crippen molar-refractivity contribution in [2.45, 2.75) is 52.0 Å². The zero-order valence-electron chi connectivity index (χ0n) is 21.5. The molecule has 3 aromatic rings. The molecule has 1 aromatic heterocycles. The third-order valence-electron chi connectivity index (χ3n) is 6.65. The quantitative estimate of drug-likeness (QED) is 0.363. The predicted octanol–water partition coefficient (Wildman–Crippen LogP) is 4.83. The van der Waals surface area contributed by atoms with Crippen molar-refractivity contribution in [1.29, 1.82) is 0 Å². The highest BCUT2D eigenvalue weighted by molar-refractivity contribution is 6.30. The molecule has 4 rings (SSSR count). The van der Waals surface area contributed by atoms with E-state index in [1.165, 1.54) is 12.1 Å². The number of nitrogens with one attached hydrogen (secondary N) is 1. The van der Waals surface area contributed by atoms with E-state index < -0.39 is 11.9 Å². The van der Waals surface area contributed by atoms with Crippen LogP contribution in [0.15, 0.2) is 48.5 Å². The van der Waals surface area contributed by atoms with Gasteiger partial charge in [0.05, 0.1) is 34.0 Å². The summed E-state index contributed by atoms with van der Waals surface area (Å²) in [6.07, 6.45) is 6.13. The van der Waals surface area contributed by atoms with Gasteiger partial charge >= 0.3 is 5.97 Å². The van der Waals surface area contributed by atoms with Crippen LogP contribution in [0.2, 0.25) is 5.02 Å². The molecule has 38 heavy (non-hydrogen) atoms. The minimum Gasteiger partial charge on any atom is -0.481 e. The summed E-state index contributed by atoms with van der Waals surface area (Å²) < 4.78 is 13.4. The Morgan fingerprint density at radius 3 is 2.42 bits per heavy atom. The second-order valence-corrected chi connectivity index (χ2v) is 10.3. The molecule has 2 N–H and O–H groups in total. The molecule has 1 aliphatic rings. The maximum atomic E-state index is 13.4. The van der Waals surface area contributed by atoms with E-state index >= 15 is 0 Å². The average Bonchev–Trinajstić information content (AvgIpc) is 2.89. The van der Waals surface area contributed by atoms with E-state index in [1.807, 2.05) is 38.1 Å². The van der Waals surface area contributed by atoms with Crippen LogP contribution in [-0.2, 0) is 16.0 Å². The number of nitrogens with zero attached hydrogens (tertiary/aromatic N) is 2. The largest absolute Gasteiger partial charge is 0.481 e. The number of carboxylic acid groups (broad SMARTS) is 1. The Hall–Kier alpha value is -3.58. The summed E-state index contributed by atoms with van der Waals surface area (Å²) in [7, 11) is 0. The van der Waals surface area contributed by atoms with E-state index in [1.54, 1.807) is 24.3 Å². The summed E-state index contributed by atoms with van der Waals surface area (Å²) >= 11 is 6.08. The Balaban J connectivity index is 1.62. The molecule has 1 unspecified atom stereocenters. The van der Waals surface area contributed by atoms with Crippen molar-refractivity contribution >= 4 is 35.6 Å². The first-order chi connectivity index (χ1) is 18.2. The molecule has 1 amide bonds. The van der Waals surface area contributed by atoms with Gasteiger partial charge in [-0.25, -0.2) is 14.4 Å². The third-order valence-corrected chi connectivity index (χ3v) is 6.90. The van der Waals surface area contributed by atoms with Crippen molar-refractivity contribution in [3.05, 3.63) is 81.3 Å². The number of aliphatic carboxylic acids is 1. The zero-order chi connectivity index (χ0) is 27.2. The molecule has 6 nitrogen and oxygen atoms in total. The molecule has 1 heterocycles. The Morgan fingerprint density at radius 1 is 1.05 bits per heavy atom. The van der Waals surface area contributed by atoms with Gasteiger partial charge < -0.3 is 10.4 Å². The zero-order valence-corrected chi connectivity index (χ0v) is 22.2. The maximum Gasteiger partial charge on any atom is 0.303 e. The number of benzene rings is 2. The number of carbonyl (C=O) groups is 2. The van der Waals surface area contributed by atoms with Gasteiger partial charge in [-0.2, -0.15) is 0 Å². The number of aromatic nitrogens is 2. The number of rotatable bonds is 10. The molecule has 0 bridgehead atoms. The first kappa shape index (κ1) is 27.5. The fourth-order valence-electron chi connectivity index (χ4n) is 4.60. The molecule has 1 aliphatic carbocycles. The lowest BCUT2D eigenvalue weighted by Crippen LogP contribution is -2.41. The predicted molar refractivity (Wildman–Crippen MR) is 146 cm³/mol. The Morgan fingerprint density at radius 2 is 1.76 bits per heavy atom. The number of hydrogen-bond donors (Lipinski definition) is 2. The minimum atomic E-state index is -0.823. The molecule has 0 saturated heterocycles. The Bertz CT molecular complexity index is 1420. The third kappa shape index (κ3) is 6.84. The topological polar surface area (TPSA) is 92.2 Å². The second-order valence-electron chi connectivity index (χ2n) is 9.89. The molecule has 8 heteroatoms.